The minimum Gasteiger partial charge on any atom is -0.463 e. The molecule has 104 valence electrons. The van der Waals surface area contributed by atoms with Crippen LogP contribution in [0.15, 0.2) is 30.6 Å². The average molecular weight is 293 g/mol. The van der Waals surface area contributed by atoms with Gasteiger partial charge in [-0.2, -0.15) is 0 Å². The number of ether oxygens (including phenoxy) is 1. The first kappa shape index (κ1) is 14.1. The first-order valence-electron chi connectivity index (χ1n) is 5.91. The SMILES string of the molecule is CCOC(=O)/C=C\n1cnc(-c2cc(Cl)ccc2N)n1. The van der Waals surface area contributed by atoms with Gasteiger partial charge in [-0.15, -0.1) is 5.10 Å². The number of esters is 1. The van der Waals surface area contributed by atoms with Gasteiger partial charge in [-0.3, -0.25) is 0 Å². The third-order valence-corrected chi connectivity index (χ3v) is 2.65. The zero-order valence-electron chi connectivity index (χ0n) is 10.8. The van der Waals surface area contributed by atoms with Crippen molar-refractivity contribution in [1.82, 2.24) is 14.8 Å². The summed E-state index contributed by atoms with van der Waals surface area (Å²) in [5.74, 6) is -0.00896. The number of nitrogen functional groups attached to an aromatic ring is 1. The molecule has 0 aliphatic rings. The fourth-order valence-electron chi connectivity index (χ4n) is 1.52. The Morgan fingerprint density at radius 3 is 3.10 bits per heavy atom. The van der Waals surface area contributed by atoms with Crippen LogP contribution in [0.1, 0.15) is 6.92 Å². The number of rotatable bonds is 4. The lowest BCUT2D eigenvalue weighted by Crippen LogP contribution is -2.00. The Morgan fingerprint density at radius 2 is 2.35 bits per heavy atom. The van der Waals surface area contributed by atoms with Crippen molar-refractivity contribution in [3.8, 4) is 11.4 Å². The first-order chi connectivity index (χ1) is 9.60. The number of benzene rings is 1. The molecule has 0 aliphatic heterocycles. The summed E-state index contributed by atoms with van der Waals surface area (Å²) in [6.45, 7) is 2.06. The van der Waals surface area contributed by atoms with E-state index >= 15 is 0 Å². The van der Waals surface area contributed by atoms with Crippen LogP contribution in [0.5, 0.6) is 0 Å². The maximum Gasteiger partial charge on any atom is 0.332 e. The third kappa shape index (κ3) is 3.36. The predicted octanol–water partition coefficient (Wildman–Crippen LogP) is 2.21. The molecule has 6 nitrogen and oxygen atoms in total. The van der Waals surface area contributed by atoms with Crippen LogP contribution >= 0.6 is 11.6 Å². The lowest BCUT2D eigenvalue weighted by Gasteiger charge is -2.01. The van der Waals surface area contributed by atoms with E-state index in [4.69, 9.17) is 22.1 Å². The smallest absolute Gasteiger partial charge is 0.332 e. The molecule has 1 aromatic carbocycles. The van der Waals surface area contributed by atoms with Crippen LogP contribution in [0.3, 0.4) is 0 Å². The number of hydrogen-bond acceptors (Lipinski definition) is 5. The Kier molecular flexibility index (Phi) is 4.37. The van der Waals surface area contributed by atoms with Crippen molar-refractivity contribution < 1.29 is 9.53 Å². The summed E-state index contributed by atoms with van der Waals surface area (Å²) in [5, 5.41) is 4.74. The minimum absolute atomic E-state index is 0.324. The molecular weight excluding hydrogens is 280 g/mol. The normalized spacial score (nSPS) is 10.9. The van der Waals surface area contributed by atoms with Crippen molar-refractivity contribution >= 4 is 29.5 Å². The van der Waals surface area contributed by atoms with Crippen LogP contribution in [0.25, 0.3) is 17.6 Å². The Hall–Kier alpha value is -2.34. The molecule has 0 amide bonds. The van der Waals surface area contributed by atoms with Gasteiger partial charge in [-0.05, 0) is 25.1 Å². The summed E-state index contributed by atoms with van der Waals surface area (Å²) in [4.78, 5) is 15.3. The minimum atomic E-state index is -0.438. The van der Waals surface area contributed by atoms with Crippen molar-refractivity contribution in [2.45, 2.75) is 6.92 Å². The topological polar surface area (TPSA) is 83.0 Å². The van der Waals surface area contributed by atoms with Crippen LogP contribution in [-0.4, -0.2) is 27.3 Å². The van der Waals surface area contributed by atoms with E-state index < -0.39 is 5.97 Å². The van der Waals surface area contributed by atoms with E-state index in [9.17, 15) is 4.79 Å². The highest BCUT2D eigenvalue weighted by Gasteiger charge is 2.08. The fourth-order valence-corrected chi connectivity index (χ4v) is 1.69. The quantitative estimate of drug-likeness (QED) is 0.531. The van der Waals surface area contributed by atoms with Crippen LogP contribution in [0.2, 0.25) is 5.02 Å². The first-order valence-corrected chi connectivity index (χ1v) is 6.29. The molecule has 2 aromatic rings. The van der Waals surface area contributed by atoms with Crippen LogP contribution < -0.4 is 5.73 Å². The molecule has 0 atom stereocenters. The largest absolute Gasteiger partial charge is 0.463 e. The highest BCUT2D eigenvalue weighted by molar-refractivity contribution is 6.31. The van der Waals surface area contributed by atoms with Gasteiger partial charge in [0.25, 0.3) is 0 Å². The second-order valence-electron chi connectivity index (χ2n) is 3.85. The summed E-state index contributed by atoms with van der Waals surface area (Å²) in [5.41, 5.74) is 7.02. The van der Waals surface area contributed by atoms with E-state index in [1.54, 1.807) is 25.1 Å². The molecule has 1 aromatic heterocycles. The Morgan fingerprint density at radius 1 is 1.55 bits per heavy atom. The molecule has 0 bridgehead atoms. The standard InChI is InChI=1S/C13H13ClN4O2/c1-2-20-12(19)5-6-18-8-16-13(17-18)10-7-9(14)3-4-11(10)15/h3-8H,2,15H2,1H3/b6-5-. The van der Waals surface area contributed by atoms with Crippen LogP contribution in [-0.2, 0) is 9.53 Å². The van der Waals surface area contributed by atoms with Crippen molar-refractivity contribution in [2.75, 3.05) is 12.3 Å². The van der Waals surface area contributed by atoms with E-state index in [0.717, 1.165) is 0 Å². The van der Waals surface area contributed by atoms with E-state index in [1.165, 1.54) is 23.3 Å². The van der Waals surface area contributed by atoms with Crippen LogP contribution in [0.4, 0.5) is 5.69 Å². The maximum atomic E-state index is 11.2. The maximum absolute atomic E-state index is 11.2. The lowest BCUT2D eigenvalue weighted by atomic mass is 10.2. The van der Waals surface area contributed by atoms with Gasteiger partial charge < -0.3 is 10.5 Å². The molecule has 2 N–H and O–H groups in total. The highest BCUT2D eigenvalue weighted by Crippen LogP contribution is 2.25. The number of carbonyl (C=O) groups is 1. The molecule has 0 aliphatic carbocycles. The molecule has 2 rings (SSSR count). The van der Waals surface area contributed by atoms with Gasteiger partial charge in [0.1, 0.15) is 6.33 Å². The molecule has 0 saturated carbocycles. The molecule has 0 spiro atoms. The molecule has 7 heteroatoms. The third-order valence-electron chi connectivity index (χ3n) is 2.41. The molecule has 0 fully saturated rings. The molecule has 0 unspecified atom stereocenters. The number of aromatic nitrogens is 3. The summed E-state index contributed by atoms with van der Waals surface area (Å²) < 4.78 is 6.16. The van der Waals surface area contributed by atoms with Gasteiger partial charge in [0.05, 0.1) is 6.61 Å². The average Bonchev–Trinajstić information content (AvgIpc) is 2.88. The number of nitrogens with two attached hydrogens (primary N) is 1. The zero-order chi connectivity index (χ0) is 14.5. The Bertz CT molecular complexity index is 652. The van der Waals surface area contributed by atoms with Crippen molar-refractivity contribution in [1.29, 1.82) is 0 Å². The number of carbonyl (C=O) groups excluding carboxylic acids is 1. The molecule has 0 saturated heterocycles. The van der Waals surface area contributed by atoms with Gasteiger partial charge >= 0.3 is 5.97 Å². The van der Waals surface area contributed by atoms with E-state index in [0.29, 0.717) is 28.7 Å². The summed E-state index contributed by atoms with van der Waals surface area (Å²) in [6.07, 6.45) is 4.18. The lowest BCUT2D eigenvalue weighted by molar-refractivity contribution is -0.137. The van der Waals surface area contributed by atoms with Gasteiger partial charge in [0.15, 0.2) is 5.82 Å². The second kappa shape index (κ2) is 6.21. The van der Waals surface area contributed by atoms with Gasteiger partial charge in [0.2, 0.25) is 0 Å². The van der Waals surface area contributed by atoms with Gasteiger partial charge in [-0.1, -0.05) is 11.6 Å². The summed E-state index contributed by atoms with van der Waals surface area (Å²) >= 11 is 5.92. The molecular formula is C13H13ClN4O2. The molecule has 1 heterocycles. The number of hydrogen-bond donors (Lipinski definition) is 1. The second-order valence-corrected chi connectivity index (χ2v) is 4.28. The Labute approximate surface area is 120 Å². The monoisotopic (exact) mass is 292 g/mol. The fraction of sp³-hybridized carbons (Fsp3) is 0.154. The summed E-state index contributed by atoms with van der Waals surface area (Å²) in [7, 11) is 0. The summed E-state index contributed by atoms with van der Waals surface area (Å²) in [6, 6.07) is 5.07. The van der Waals surface area contributed by atoms with E-state index in [-0.39, 0.29) is 0 Å². The zero-order valence-corrected chi connectivity index (χ0v) is 11.5. The van der Waals surface area contributed by atoms with Crippen LogP contribution in [0, 0.1) is 0 Å². The van der Waals surface area contributed by atoms with E-state index in [2.05, 4.69) is 10.1 Å². The van der Waals surface area contributed by atoms with Crippen molar-refractivity contribution in [3.63, 3.8) is 0 Å². The Balaban J connectivity index is 2.21. The number of halogens is 1. The molecule has 20 heavy (non-hydrogen) atoms. The number of anilines is 1. The predicted molar refractivity (Wildman–Crippen MR) is 76.8 cm³/mol. The number of nitrogens with zero attached hydrogens (tertiary/aromatic N) is 3. The highest BCUT2D eigenvalue weighted by atomic mass is 35.5. The van der Waals surface area contributed by atoms with Gasteiger partial charge in [-0.25, -0.2) is 14.5 Å². The molecule has 0 radical (unpaired) electrons. The van der Waals surface area contributed by atoms with Crippen molar-refractivity contribution in [2.24, 2.45) is 0 Å². The van der Waals surface area contributed by atoms with E-state index in [1.807, 2.05) is 0 Å². The van der Waals surface area contributed by atoms with Crippen molar-refractivity contribution in [3.05, 3.63) is 35.6 Å². The van der Waals surface area contributed by atoms with Gasteiger partial charge in [0, 0.05) is 28.5 Å².